The molecule has 0 radical (unpaired) electrons. The van der Waals surface area contributed by atoms with Crippen LogP contribution in [0.25, 0.3) is 0 Å². The summed E-state index contributed by atoms with van der Waals surface area (Å²) in [6.07, 6.45) is 6.15. The van der Waals surface area contributed by atoms with Crippen molar-refractivity contribution in [1.29, 1.82) is 0 Å². The van der Waals surface area contributed by atoms with E-state index in [2.05, 4.69) is 26.2 Å². The number of halogens is 2. The maximum absolute atomic E-state index is 13.7. The highest BCUT2D eigenvalue weighted by Crippen LogP contribution is 2.27. The van der Waals surface area contributed by atoms with Crippen LogP contribution in [0.2, 0.25) is 0 Å². The highest BCUT2D eigenvalue weighted by atomic mass is 79.9. The SMILES string of the molecule is NCC1CCCCC1Nc1ncc(Br)cc1F. The Morgan fingerprint density at radius 1 is 1.47 bits per heavy atom. The first-order valence-corrected chi connectivity index (χ1v) is 6.77. The highest BCUT2D eigenvalue weighted by Gasteiger charge is 2.24. The second-order valence-electron chi connectivity index (χ2n) is 4.52. The summed E-state index contributed by atoms with van der Waals surface area (Å²) in [5, 5.41) is 3.19. The molecule has 1 aliphatic carbocycles. The molecule has 5 heteroatoms. The minimum Gasteiger partial charge on any atom is -0.365 e. The van der Waals surface area contributed by atoms with Gasteiger partial charge in [0.15, 0.2) is 11.6 Å². The molecule has 1 heterocycles. The van der Waals surface area contributed by atoms with Crippen LogP contribution in [0.4, 0.5) is 10.2 Å². The molecule has 1 saturated carbocycles. The van der Waals surface area contributed by atoms with Crippen LogP contribution in [0.5, 0.6) is 0 Å². The van der Waals surface area contributed by atoms with Crippen molar-refractivity contribution in [1.82, 2.24) is 4.98 Å². The second kappa shape index (κ2) is 5.78. The predicted octanol–water partition coefficient (Wildman–Crippen LogP) is 2.91. The number of pyridine rings is 1. The summed E-state index contributed by atoms with van der Waals surface area (Å²) in [7, 11) is 0. The summed E-state index contributed by atoms with van der Waals surface area (Å²) in [5.41, 5.74) is 5.75. The van der Waals surface area contributed by atoms with Crippen molar-refractivity contribution in [3.8, 4) is 0 Å². The van der Waals surface area contributed by atoms with Gasteiger partial charge in [-0.3, -0.25) is 0 Å². The summed E-state index contributed by atoms with van der Waals surface area (Å²) in [6.45, 7) is 0.649. The van der Waals surface area contributed by atoms with Crippen molar-refractivity contribution in [3.05, 3.63) is 22.6 Å². The number of nitrogens with one attached hydrogen (secondary N) is 1. The Hall–Kier alpha value is -0.680. The molecule has 3 nitrogen and oxygen atoms in total. The molecular weight excluding hydrogens is 285 g/mol. The molecule has 0 bridgehead atoms. The molecule has 0 spiro atoms. The lowest BCUT2D eigenvalue weighted by Crippen LogP contribution is -2.37. The minimum absolute atomic E-state index is 0.247. The van der Waals surface area contributed by atoms with E-state index in [9.17, 15) is 4.39 Å². The number of anilines is 1. The van der Waals surface area contributed by atoms with Gasteiger partial charge in [-0.1, -0.05) is 12.8 Å². The van der Waals surface area contributed by atoms with E-state index in [1.165, 1.54) is 18.9 Å². The van der Waals surface area contributed by atoms with Crippen molar-refractivity contribution in [3.63, 3.8) is 0 Å². The molecule has 0 aromatic carbocycles. The molecule has 2 unspecified atom stereocenters. The number of aromatic nitrogens is 1. The first-order valence-electron chi connectivity index (χ1n) is 5.98. The quantitative estimate of drug-likeness (QED) is 0.902. The van der Waals surface area contributed by atoms with Crippen LogP contribution in [0.1, 0.15) is 25.7 Å². The Bertz CT molecular complexity index is 386. The summed E-state index contributed by atoms with van der Waals surface area (Å²) in [5.74, 6) is 0.438. The largest absolute Gasteiger partial charge is 0.365 e. The van der Waals surface area contributed by atoms with Gasteiger partial charge < -0.3 is 11.1 Å². The van der Waals surface area contributed by atoms with Gasteiger partial charge >= 0.3 is 0 Å². The van der Waals surface area contributed by atoms with Gasteiger partial charge in [-0.05, 0) is 47.3 Å². The number of hydrogen-bond acceptors (Lipinski definition) is 3. The zero-order valence-electron chi connectivity index (χ0n) is 9.63. The van der Waals surface area contributed by atoms with Crippen molar-refractivity contribution >= 4 is 21.7 Å². The van der Waals surface area contributed by atoms with Crippen LogP contribution in [-0.2, 0) is 0 Å². The zero-order valence-corrected chi connectivity index (χ0v) is 11.2. The van der Waals surface area contributed by atoms with Crippen LogP contribution in [0.15, 0.2) is 16.7 Å². The van der Waals surface area contributed by atoms with E-state index in [4.69, 9.17) is 5.73 Å². The maximum Gasteiger partial charge on any atom is 0.166 e. The smallest absolute Gasteiger partial charge is 0.166 e. The van der Waals surface area contributed by atoms with Crippen LogP contribution < -0.4 is 11.1 Å². The fraction of sp³-hybridized carbons (Fsp3) is 0.583. The number of rotatable bonds is 3. The average molecular weight is 302 g/mol. The van der Waals surface area contributed by atoms with Gasteiger partial charge in [0.1, 0.15) is 0 Å². The molecular formula is C12H17BrFN3. The summed E-state index contributed by atoms with van der Waals surface area (Å²) >= 11 is 3.20. The van der Waals surface area contributed by atoms with Gasteiger partial charge in [0, 0.05) is 16.7 Å². The molecule has 0 saturated heterocycles. The lowest BCUT2D eigenvalue weighted by Gasteiger charge is -2.31. The lowest BCUT2D eigenvalue weighted by atomic mass is 9.84. The average Bonchev–Trinajstić information content (AvgIpc) is 2.33. The monoisotopic (exact) mass is 301 g/mol. The van der Waals surface area contributed by atoms with Gasteiger partial charge in [-0.15, -0.1) is 0 Å². The van der Waals surface area contributed by atoms with E-state index in [-0.39, 0.29) is 11.9 Å². The minimum atomic E-state index is -0.319. The molecule has 1 fully saturated rings. The van der Waals surface area contributed by atoms with Crippen LogP contribution >= 0.6 is 15.9 Å². The Labute approximate surface area is 109 Å². The summed E-state index contributed by atoms with van der Waals surface area (Å²) in [6, 6.07) is 1.67. The molecule has 94 valence electrons. The molecule has 1 aliphatic rings. The Morgan fingerprint density at radius 3 is 2.94 bits per heavy atom. The Balaban J connectivity index is 2.08. The normalized spacial score (nSPS) is 24.6. The molecule has 1 aromatic rings. The number of nitrogens with two attached hydrogens (primary N) is 1. The van der Waals surface area contributed by atoms with Crippen LogP contribution in [0, 0.1) is 11.7 Å². The fourth-order valence-corrected chi connectivity index (χ4v) is 2.68. The molecule has 17 heavy (non-hydrogen) atoms. The van der Waals surface area contributed by atoms with E-state index in [1.807, 2.05) is 0 Å². The van der Waals surface area contributed by atoms with Crippen LogP contribution in [-0.4, -0.2) is 17.6 Å². The summed E-state index contributed by atoms with van der Waals surface area (Å²) < 4.78 is 14.3. The topological polar surface area (TPSA) is 50.9 Å². The molecule has 0 aliphatic heterocycles. The third kappa shape index (κ3) is 3.16. The second-order valence-corrected chi connectivity index (χ2v) is 5.43. The van der Waals surface area contributed by atoms with Crippen LogP contribution in [0.3, 0.4) is 0 Å². The number of nitrogens with zero attached hydrogens (tertiary/aromatic N) is 1. The van der Waals surface area contributed by atoms with Gasteiger partial charge in [-0.25, -0.2) is 9.37 Å². The lowest BCUT2D eigenvalue weighted by molar-refractivity contribution is 0.331. The van der Waals surface area contributed by atoms with Crippen molar-refractivity contribution in [2.24, 2.45) is 11.7 Å². The highest BCUT2D eigenvalue weighted by molar-refractivity contribution is 9.10. The van der Waals surface area contributed by atoms with Crippen molar-refractivity contribution in [2.75, 3.05) is 11.9 Å². The number of hydrogen-bond donors (Lipinski definition) is 2. The Kier molecular flexibility index (Phi) is 4.34. The zero-order chi connectivity index (χ0) is 12.3. The Morgan fingerprint density at radius 2 is 2.24 bits per heavy atom. The van der Waals surface area contributed by atoms with Gasteiger partial charge in [-0.2, -0.15) is 0 Å². The maximum atomic E-state index is 13.7. The van der Waals surface area contributed by atoms with E-state index in [1.54, 1.807) is 6.20 Å². The summed E-state index contributed by atoms with van der Waals surface area (Å²) in [4.78, 5) is 4.07. The molecule has 3 N–H and O–H groups in total. The third-order valence-electron chi connectivity index (χ3n) is 3.34. The first-order chi connectivity index (χ1) is 8.20. The third-order valence-corrected chi connectivity index (χ3v) is 3.78. The molecule has 0 amide bonds. The van der Waals surface area contributed by atoms with Gasteiger partial charge in [0.25, 0.3) is 0 Å². The molecule has 2 atom stereocenters. The molecule has 1 aromatic heterocycles. The van der Waals surface area contributed by atoms with Gasteiger partial charge in [0.2, 0.25) is 0 Å². The van der Waals surface area contributed by atoms with E-state index >= 15 is 0 Å². The van der Waals surface area contributed by atoms with E-state index in [0.29, 0.717) is 22.8 Å². The molecule has 2 rings (SSSR count). The first kappa shape index (κ1) is 12.8. The van der Waals surface area contributed by atoms with Crippen molar-refractivity contribution < 1.29 is 4.39 Å². The van der Waals surface area contributed by atoms with E-state index in [0.717, 1.165) is 12.8 Å². The fourth-order valence-electron chi connectivity index (χ4n) is 2.38. The predicted molar refractivity (Wildman–Crippen MR) is 70.3 cm³/mol. The van der Waals surface area contributed by atoms with Gasteiger partial charge in [0.05, 0.1) is 0 Å². The standard InChI is InChI=1S/C12H17BrFN3/c13-9-5-10(14)12(16-7-9)17-11-4-2-1-3-8(11)6-15/h5,7-8,11H,1-4,6,15H2,(H,16,17). The van der Waals surface area contributed by atoms with E-state index < -0.39 is 0 Å². The van der Waals surface area contributed by atoms with Crippen molar-refractivity contribution in [2.45, 2.75) is 31.7 Å².